The molecule has 1 aliphatic heterocycles. The van der Waals surface area contributed by atoms with Crippen LogP contribution in [0.25, 0.3) is 16.5 Å². The smallest absolute Gasteiger partial charge is 0.268 e. The maximum Gasteiger partial charge on any atom is 0.268 e. The molecule has 0 aliphatic carbocycles. The summed E-state index contributed by atoms with van der Waals surface area (Å²) in [4.78, 5) is 4.25. The van der Waals surface area contributed by atoms with Gasteiger partial charge in [-0.05, 0) is 55.4 Å². The summed E-state index contributed by atoms with van der Waals surface area (Å²) in [6.07, 6.45) is 4.52. The van der Waals surface area contributed by atoms with Gasteiger partial charge in [0, 0.05) is 50.0 Å². The maximum atomic E-state index is 14.0. The van der Waals surface area contributed by atoms with E-state index in [1.165, 1.54) is 22.2 Å². The van der Waals surface area contributed by atoms with Crippen molar-refractivity contribution in [3.8, 4) is 0 Å². The fraction of sp³-hybridized carbons (Fsp3) is 0.273. The lowest BCUT2D eigenvalue weighted by molar-refractivity contribution is 0.370. The minimum absolute atomic E-state index is 0.203. The largest absolute Gasteiger partial charge is 0.378 e. The molecule has 5 nitrogen and oxygen atoms in total. The Morgan fingerprint density at radius 3 is 2.59 bits per heavy atom. The van der Waals surface area contributed by atoms with Crippen molar-refractivity contribution in [2.45, 2.75) is 11.3 Å². The van der Waals surface area contributed by atoms with Crippen LogP contribution in [0.15, 0.2) is 59.6 Å². The zero-order valence-corrected chi connectivity index (χ0v) is 17.6. The van der Waals surface area contributed by atoms with E-state index in [2.05, 4.69) is 11.0 Å². The van der Waals surface area contributed by atoms with Gasteiger partial charge in [0.15, 0.2) is 0 Å². The molecule has 2 aromatic carbocycles. The normalized spacial score (nSPS) is 15.5. The molecule has 0 atom stereocenters. The van der Waals surface area contributed by atoms with Crippen LogP contribution in [0.1, 0.15) is 12.0 Å². The Morgan fingerprint density at radius 2 is 1.90 bits per heavy atom. The minimum atomic E-state index is -3.83. The fourth-order valence-corrected chi connectivity index (χ4v) is 5.09. The first-order valence-corrected chi connectivity index (χ1v) is 10.9. The number of hydrogen-bond donors (Lipinski definition) is 0. The topological polar surface area (TPSA) is 45.6 Å². The Labute approximate surface area is 170 Å². The maximum absolute atomic E-state index is 14.0. The van der Waals surface area contributed by atoms with E-state index in [1.807, 2.05) is 32.1 Å². The average molecular weight is 414 g/mol. The average Bonchev–Trinajstić information content (AvgIpc) is 3.08. The summed E-state index contributed by atoms with van der Waals surface area (Å²) < 4.78 is 42.3. The molecule has 0 N–H and O–H groups in total. The lowest BCUT2D eigenvalue weighted by Crippen LogP contribution is -2.23. The first-order chi connectivity index (χ1) is 13.8. The van der Waals surface area contributed by atoms with Crippen molar-refractivity contribution in [2.24, 2.45) is 0 Å². The molecule has 2 heterocycles. The van der Waals surface area contributed by atoms with Gasteiger partial charge >= 0.3 is 0 Å². The number of halogens is 1. The number of fused-ring (bicyclic) bond motifs is 1. The molecule has 3 aromatic rings. The summed E-state index contributed by atoms with van der Waals surface area (Å²) in [5, 5.41) is 0.619. The second-order valence-corrected chi connectivity index (χ2v) is 9.45. The zero-order valence-electron chi connectivity index (χ0n) is 16.8. The first kappa shape index (κ1) is 19.7. The van der Waals surface area contributed by atoms with Gasteiger partial charge in [0.1, 0.15) is 5.82 Å². The molecule has 152 valence electrons. The van der Waals surface area contributed by atoms with Gasteiger partial charge in [-0.15, -0.1) is 0 Å². The van der Waals surface area contributed by atoms with Crippen molar-refractivity contribution in [2.75, 3.05) is 39.1 Å². The Bertz CT molecular complexity index is 1210. The molecule has 0 bridgehead atoms. The quantitative estimate of drug-likeness (QED) is 0.653. The fourth-order valence-electron chi connectivity index (χ4n) is 3.68. The van der Waals surface area contributed by atoms with Crippen molar-refractivity contribution in [1.29, 1.82) is 0 Å². The highest BCUT2D eigenvalue weighted by Gasteiger charge is 2.24. The lowest BCUT2D eigenvalue weighted by atomic mass is 9.99. The van der Waals surface area contributed by atoms with Gasteiger partial charge in [-0.1, -0.05) is 12.1 Å². The number of rotatable bonds is 4. The van der Waals surface area contributed by atoms with Crippen LogP contribution in [-0.2, 0) is 10.0 Å². The van der Waals surface area contributed by atoms with Crippen molar-refractivity contribution in [3.05, 3.63) is 66.1 Å². The summed E-state index contributed by atoms with van der Waals surface area (Å²) in [7, 11) is 1.94. The Balaban J connectivity index is 1.91. The number of nitrogens with zero attached hydrogens (tertiary/aromatic N) is 3. The molecule has 0 fully saturated rings. The van der Waals surface area contributed by atoms with Crippen LogP contribution < -0.4 is 4.90 Å². The van der Waals surface area contributed by atoms with Crippen LogP contribution in [-0.4, -0.2) is 51.5 Å². The predicted molar refractivity (Wildman–Crippen MR) is 115 cm³/mol. The number of hydrogen-bond acceptors (Lipinski definition) is 4. The van der Waals surface area contributed by atoms with Crippen LogP contribution in [0.2, 0.25) is 0 Å². The van der Waals surface area contributed by atoms with E-state index in [0.29, 0.717) is 10.9 Å². The highest BCUT2D eigenvalue weighted by molar-refractivity contribution is 7.90. The Morgan fingerprint density at radius 1 is 1.10 bits per heavy atom. The van der Waals surface area contributed by atoms with E-state index < -0.39 is 10.0 Å². The van der Waals surface area contributed by atoms with E-state index in [1.54, 1.807) is 24.4 Å². The van der Waals surface area contributed by atoms with Crippen LogP contribution in [0.4, 0.5) is 10.1 Å². The summed E-state index contributed by atoms with van der Waals surface area (Å²) in [5.74, 6) is -0.378. The lowest BCUT2D eigenvalue weighted by Gasteiger charge is -2.21. The monoisotopic (exact) mass is 413 g/mol. The standard InChI is InChI=1S/C22H24FN3O2S/c1-24(2)18-5-4-6-19(14-18)29(27,28)26-15-21(16-9-11-25(3)12-10-16)20-13-17(23)7-8-22(20)26/h4-9,13-15H,10-12H2,1-3H3. The summed E-state index contributed by atoms with van der Waals surface area (Å²) in [6, 6.07) is 11.1. The molecule has 0 spiro atoms. The molecular weight excluding hydrogens is 389 g/mol. The molecule has 0 radical (unpaired) electrons. The van der Waals surface area contributed by atoms with Gasteiger partial charge in [0.05, 0.1) is 10.4 Å². The van der Waals surface area contributed by atoms with E-state index >= 15 is 0 Å². The molecule has 1 aliphatic rings. The predicted octanol–water partition coefficient (Wildman–Crippen LogP) is 3.80. The summed E-state index contributed by atoms with van der Waals surface area (Å²) >= 11 is 0. The second kappa shape index (κ2) is 7.31. The van der Waals surface area contributed by atoms with Crippen LogP contribution in [0.3, 0.4) is 0 Å². The molecule has 0 unspecified atom stereocenters. The summed E-state index contributed by atoms with van der Waals surface area (Å²) in [6.45, 7) is 1.67. The molecule has 0 saturated carbocycles. The molecule has 0 saturated heterocycles. The van der Waals surface area contributed by atoms with Crippen LogP contribution >= 0.6 is 0 Å². The number of likely N-dealkylation sites (N-methyl/N-ethyl adjacent to an activating group) is 1. The van der Waals surface area contributed by atoms with Crippen LogP contribution in [0.5, 0.6) is 0 Å². The van der Waals surface area contributed by atoms with Gasteiger partial charge in [0.25, 0.3) is 10.0 Å². The van der Waals surface area contributed by atoms with Gasteiger partial charge < -0.3 is 9.80 Å². The second-order valence-electron chi connectivity index (χ2n) is 7.64. The molecule has 4 rings (SSSR count). The third kappa shape index (κ3) is 3.56. The van der Waals surface area contributed by atoms with Crippen molar-refractivity contribution >= 4 is 32.2 Å². The van der Waals surface area contributed by atoms with Gasteiger partial charge in [-0.25, -0.2) is 16.8 Å². The number of benzene rings is 2. The minimum Gasteiger partial charge on any atom is -0.378 e. The molecule has 29 heavy (non-hydrogen) atoms. The van der Waals surface area contributed by atoms with E-state index in [-0.39, 0.29) is 10.7 Å². The summed E-state index contributed by atoms with van der Waals surface area (Å²) in [5.41, 5.74) is 3.11. The number of anilines is 1. The van der Waals surface area contributed by atoms with Crippen molar-refractivity contribution in [3.63, 3.8) is 0 Å². The molecule has 0 amide bonds. The molecule has 1 aromatic heterocycles. The third-order valence-corrected chi connectivity index (χ3v) is 7.05. The zero-order chi connectivity index (χ0) is 20.8. The SMILES string of the molecule is CN1CC=C(c2cn(S(=O)(=O)c3cccc(N(C)C)c3)c3ccc(F)cc23)CC1. The Hall–Kier alpha value is -2.64. The van der Waals surface area contributed by atoms with E-state index in [4.69, 9.17) is 0 Å². The Kier molecular flexibility index (Phi) is 4.96. The van der Waals surface area contributed by atoms with Gasteiger partial charge in [-0.3, -0.25) is 0 Å². The van der Waals surface area contributed by atoms with Gasteiger partial charge in [0.2, 0.25) is 0 Å². The number of aromatic nitrogens is 1. The van der Waals surface area contributed by atoms with Crippen molar-refractivity contribution < 1.29 is 12.8 Å². The third-order valence-electron chi connectivity index (χ3n) is 5.38. The highest BCUT2D eigenvalue weighted by Crippen LogP contribution is 2.34. The molecular formula is C22H24FN3O2S. The first-order valence-electron chi connectivity index (χ1n) is 9.49. The highest BCUT2D eigenvalue weighted by atomic mass is 32.2. The van der Waals surface area contributed by atoms with Gasteiger partial charge in [-0.2, -0.15) is 0 Å². The van der Waals surface area contributed by atoms with E-state index in [9.17, 15) is 12.8 Å². The van der Waals surface area contributed by atoms with Crippen LogP contribution in [0, 0.1) is 5.82 Å². The van der Waals surface area contributed by atoms with Crippen molar-refractivity contribution in [1.82, 2.24) is 8.87 Å². The molecule has 7 heteroatoms. The van der Waals surface area contributed by atoms with E-state index in [0.717, 1.165) is 36.3 Å².